The van der Waals surface area contributed by atoms with Gasteiger partial charge in [-0.05, 0) is 30.9 Å². The van der Waals surface area contributed by atoms with Crippen LogP contribution in [0.5, 0.6) is 0 Å². The molecule has 1 heterocycles. The van der Waals surface area contributed by atoms with E-state index in [-0.39, 0.29) is 0 Å². The van der Waals surface area contributed by atoms with Crippen molar-refractivity contribution in [2.75, 3.05) is 13.1 Å². The van der Waals surface area contributed by atoms with Crippen LogP contribution in [-0.4, -0.2) is 24.3 Å². The Morgan fingerprint density at radius 3 is 2.88 bits per heavy atom. The molecule has 3 N–H and O–H groups in total. The third-order valence-corrected chi connectivity index (χ3v) is 3.26. The van der Waals surface area contributed by atoms with Crippen LogP contribution in [0.2, 0.25) is 0 Å². The average molecular weight is 234 g/mol. The smallest absolute Gasteiger partial charge is 0.404 e. The zero-order chi connectivity index (χ0) is 12.1. The maximum Gasteiger partial charge on any atom is 0.404 e. The predicted octanol–water partition coefficient (Wildman–Crippen LogP) is 1.99. The molecule has 0 aromatic heterocycles. The summed E-state index contributed by atoms with van der Waals surface area (Å²) in [7, 11) is 0. The predicted molar refractivity (Wildman–Crippen MR) is 65.9 cm³/mol. The van der Waals surface area contributed by atoms with Gasteiger partial charge in [0.1, 0.15) is 0 Å². The second-order valence-electron chi connectivity index (χ2n) is 4.49. The monoisotopic (exact) mass is 234 g/mol. The van der Waals surface area contributed by atoms with Crippen molar-refractivity contribution in [2.24, 2.45) is 5.92 Å². The minimum absolute atomic E-state index is 0.352. The summed E-state index contributed by atoms with van der Waals surface area (Å²) in [4.78, 5) is 10.5. The van der Waals surface area contributed by atoms with E-state index in [1.165, 1.54) is 5.56 Å². The van der Waals surface area contributed by atoms with Crippen molar-refractivity contribution in [2.45, 2.75) is 18.9 Å². The Labute approximate surface area is 101 Å². The molecule has 1 aliphatic rings. The fourth-order valence-electron chi connectivity index (χ4n) is 2.35. The molecule has 17 heavy (non-hydrogen) atoms. The van der Waals surface area contributed by atoms with Crippen LogP contribution < -0.4 is 10.6 Å². The molecule has 1 fully saturated rings. The van der Waals surface area contributed by atoms with Gasteiger partial charge >= 0.3 is 6.09 Å². The van der Waals surface area contributed by atoms with Crippen LogP contribution in [0.4, 0.5) is 4.79 Å². The molecule has 1 aromatic rings. The summed E-state index contributed by atoms with van der Waals surface area (Å²) in [6.07, 6.45) is 1.09. The minimum atomic E-state index is -0.931. The van der Waals surface area contributed by atoms with E-state index in [1.807, 2.05) is 18.2 Å². The molecule has 1 amide bonds. The lowest BCUT2D eigenvalue weighted by atomic mass is 9.89. The van der Waals surface area contributed by atoms with Crippen LogP contribution in [0.3, 0.4) is 0 Å². The van der Waals surface area contributed by atoms with Crippen LogP contribution in [0.15, 0.2) is 30.3 Å². The van der Waals surface area contributed by atoms with Gasteiger partial charge in [-0.15, -0.1) is 0 Å². The fraction of sp³-hybridized carbons (Fsp3) is 0.462. The van der Waals surface area contributed by atoms with Crippen molar-refractivity contribution in [1.29, 1.82) is 0 Å². The van der Waals surface area contributed by atoms with E-state index in [0.29, 0.717) is 18.5 Å². The number of carboxylic acid groups (broad SMARTS) is 1. The van der Waals surface area contributed by atoms with Gasteiger partial charge in [-0.3, -0.25) is 0 Å². The second-order valence-corrected chi connectivity index (χ2v) is 4.49. The van der Waals surface area contributed by atoms with E-state index in [9.17, 15) is 4.79 Å². The normalized spacial score (nSPS) is 24.2. The highest BCUT2D eigenvalue weighted by Crippen LogP contribution is 2.26. The van der Waals surface area contributed by atoms with E-state index in [4.69, 9.17) is 5.11 Å². The Morgan fingerprint density at radius 1 is 1.41 bits per heavy atom. The van der Waals surface area contributed by atoms with Gasteiger partial charge in [-0.25, -0.2) is 4.79 Å². The van der Waals surface area contributed by atoms with Crippen LogP contribution in [0, 0.1) is 5.92 Å². The number of amides is 1. The Bertz CT molecular complexity index is 367. The van der Waals surface area contributed by atoms with Gasteiger partial charge in [0, 0.05) is 12.6 Å². The quantitative estimate of drug-likeness (QED) is 0.749. The molecule has 1 aliphatic heterocycles. The zero-order valence-electron chi connectivity index (χ0n) is 9.73. The topological polar surface area (TPSA) is 61.4 Å². The maximum absolute atomic E-state index is 10.5. The molecular weight excluding hydrogens is 216 g/mol. The second kappa shape index (κ2) is 5.68. The summed E-state index contributed by atoms with van der Waals surface area (Å²) >= 11 is 0. The molecule has 2 rings (SSSR count). The van der Waals surface area contributed by atoms with Crippen LogP contribution >= 0.6 is 0 Å². The lowest BCUT2D eigenvalue weighted by molar-refractivity contribution is 0.189. The van der Waals surface area contributed by atoms with Crippen molar-refractivity contribution >= 4 is 6.09 Å². The van der Waals surface area contributed by atoms with E-state index in [0.717, 1.165) is 19.4 Å². The van der Waals surface area contributed by atoms with E-state index in [2.05, 4.69) is 22.8 Å². The molecule has 2 atom stereocenters. The lowest BCUT2D eigenvalue weighted by Gasteiger charge is -2.30. The standard InChI is InChI=1S/C13H18N2O2/c16-13(17)15-9-10-6-7-14-12(8-10)11-4-2-1-3-5-11/h1-5,10,12,14-15H,6-9H2,(H,16,17)/t10-,12+/m1/s1. The first kappa shape index (κ1) is 11.9. The Hall–Kier alpha value is -1.55. The highest BCUT2D eigenvalue weighted by Gasteiger charge is 2.22. The number of hydrogen-bond donors (Lipinski definition) is 3. The molecular formula is C13H18N2O2. The first-order chi connectivity index (χ1) is 8.25. The summed E-state index contributed by atoms with van der Waals surface area (Å²) < 4.78 is 0. The summed E-state index contributed by atoms with van der Waals surface area (Å²) in [5.41, 5.74) is 1.28. The van der Waals surface area contributed by atoms with Crippen LogP contribution in [-0.2, 0) is 0 Å². The van der Waals surface area contributed by atoms with E-state index in [1.54, 1.807) is 0 Å². The zero-order valence-corrected chi connectivity index (χ0v) is 9.73. The number of hydrogen-bond acceptors (Lipinski definition) is 2. The number of nitrogens with one attached hydrogen (secondary N) is 2. The van der Waals surface area contributed by atoms with E-state index >= 15 is 0 Å². The number of piperidine rings is 1. The highest BCUT2D eigenvalue weighted by atomic mass is 16.4. The van der Waals surface area contributed by atoms with E-state index < -0.39 is 6.09 Å². The third-order valence-electron chi connectivity index (χ3n) is 3.26. The fourth-order valence-corrected chi connectivity index (χ4v) is 2.35. The third kappa shape index (κ3) is 3.46. The summed E-state index contributed by atoms with van der Waals surface area (Å²) in [6.45, 7) is 1.51. The Balaban J connectivity index is 1.91. The first-order valence-corrected chi connectivity index (χ1v) is 6.01. The minimum Gasteiger partial charge on any atom is -0.465 e. The van der Waals surface area contributed by atoms with Crippen molar-refractivity contribution in [3.05, 3.63) is 35.9 Å². The Kier molecular flexibility index (Phi) is 3.98. The molecule has 1 saturated heterocycles. The molecule has 0 aliphatic carbocycles. The van der Waals surface area contributed by atoms with Gasteiger partial charge in [0.15, 0.2) is 0 Å². The van der Waals surface area contributed by atoms with Gasteiger partial charge in [0.25, 0.3) is 0 Å². The number of benzene rings is 1. The van der Waals surface area contributed by atoms with Crippen molar-refractivity contribution in [3.8, 4) is 0 Å². The van der Waals surface area contributed by atoms with Crippen molar-refractivity contribution in [1.82, 2.24) is 10.6 Å². The highest BCUT2D eigenvalue weighted by molar-refractivity contribution is 5.64. The molecule has 1 aromatic carbocycles. The van der Waals surface area contributed by atoms with Gasteiger partial charge in [-0.1, -0.05) is 30.3 Å². The molecule has 0 unspecified atom stereocenters. The van der Waals surface area contributed by atoms with Crippen molar-refractivity contribution < 1.29 is 9.90 Å². The molecule has 92 valence electrons. The van der Waals surface area contributed by atoms with Crippen molar-refractivity contribution in [3.63, 3.8) is 0 Å². The molecule has 4 heteroatoms. The first-order valence-electron chi connectivity index (χ1n) is 6.01. The molecule has 0 saturated carbocycles. The summed E-state index contributed by atoms with van der Waals surface area (Å²) in [5.74, 6) is 0.428. The maximum atomic E-state index is 10.5. The van der Waals surface area contributed by atoms with Gasteiger partial charge in [0.2, 0.25) is 0 Å². The molecule has 0 radical (unpaired) electrons. The number of rotatable bonds is 3. The SMILES string of the molecule is O=C(O)NC[C@@H]1CCN[C@H](c2ccccc2)C1. The van der Waals surface area contributed by atoms with Crippen LogP contribution in [0.1, 0.15) is 24.4 Å². The van der Waals surface area contributed by atoms with Gasteiger partial charge < -0.3 is 15.7 Å². The average Bonchev–Trinajstić information content (AvgIpc) is 2.38. The largest absolute Gasteiger partial charge is 0.465 e. The van der Waals surface area contributed by atoms with Gasteiger partial charge in [0.05, 0.1) is 0 Å². The van der Waals surface area contributed by atoms with Gasteiger partial charge in [-0.2, -0.15) is 0 Å². The van der Waals surface area contributed by atoms with Crippen LogP contribution in [0.25, 0.3) is 0 Å². The summed E-state index contributed by atoms with van der Waals surface area (Å²) in [6, 6.07) is 10.7. The lowest BCUT2D eigenvalue weighted by Crippen LogP contribution is -2.37. The molecule has 0 spiro atoms. The number of carbonyl (C=O) groups is 1. The molecule has 4 nitrogen and oxygen atoms in total. The molecule has 0 bridgehead atoms. The summed E-state index contributed by atoms with van der Waals surface area (Å²) in [5, 5.41) is 14.6. The Morgan fingerprint density at radius 2 is 2.18 bits per heavy atom.